The van der Waals surface area contributed by atoms with Crippen LogP contribution in [0.5, 0.6) is 0 Å². The monoisotopic (exact) mass is 347 g/mol. The van der Waals surface area contributed by atoms with Crippen molar-refractivity contribution in [3.05, 3.63) is 35.6 Å². The lowest BCUT2D eigenvalue weighted by Crippen LogP contribution is -2.51. The summed E-state index contributed by atoms with van der Waals surface area (Å²) >= 11 is 0. The van der Waals surface area contributed by atoms with Gasteiger partial charge in [-0.3, -0.25) is 4.79 Å². The molecule has 0 aromatic heterocycles. The van der Waals surface area contributed by atoms with Crippen molar-refractivity contribution in [3.63, 3.8) is 0 Å². The number of hydrogen-bond donors (Lipinski definition) is 2. The highest BCUT2D eigenvalue weighted by Gasteiger charge is 2.34. The average Bonchev–Trinajstić information content (AvgIpc) is 3.12. The molecule has 6 heteroatoms. The molecule has 136 valence electrons. The van der Waals surface area contributed by atoms with E-state index in [9.17, 15) is 14.0 Å². The number of halogens is 1. The SMILES string of the molecule is O=C(NCc1ccc(F)cc1)C1CCCN1C(=O)NC1CCCCC1. The minimum atomic E-state index is -0.413. The van der Waals surface area contributed by atoms with Crippen LogP contribution in [0.4, 0.5) is 9.18 Å². The first-order valence-corrected chi connectivity index (χ1v) is 9.23. The van der Waals surface area contributed by atoms with Crippen LogP contribution in [0.3, 0.4) is 0 Å². The Bertz CT molecular complexity index is 599. The predicted octanol–water partition coefficient (Wildman–Crippen LogP) is 2.95. The molecule has 1 aromatic carbocycles. The Morgan fingerprint density at radius 1 is 1.04 bits per heavy atom. The lowest BCUT2D eigenvalue weighted by Gasteiger charge is -2.29. The Balaban J connectivity index is 1.51. The Labute approximate surface area is 148 Å². The Hall–Kier alpha value is -2.11. The fraction of sp³-hybridized carbons (Fsp3) is 0.579. The fourth-order valence-electron chi connectivity index (χ4n) is 3.70. The van der Waals surface area contributed by atoms with E-state index < -0.39 is 6.04 Å². The molecule has 1 aliphatic carbocycles. The van der Waals surface area contributed by atoms with Crippen LogP contribution in [0.1, 0.15) is 50.5 Å². The minimum Gasteiger partial charge on any atom is -0.350 e. The lowest BCUT2D eigenvalue weighted by atomic mass is 9.96. The van der Waals surface area contributed by atoms with Gasteiger partial charge in [-0.15, -0.1) is 0 Å². The molecular weight excluding hydrogens is 321 g/mol. The van der Waals surface area contributed by atoms with Crippen LogP contribution in [-0.4, -0.2) is 35.5 Å². The molecule has 1 unspecified atom stereocenters. The number of amides is 3. The summed E-state index contributed by atoms with van der Waals surface area (Å²) in [5, 5.41) is 5.96. The number of hydrogen-bond acceptors (Lipinski definition) is 2. The third-order valence-electron chi connectivity index (χ3n) is 5.13. The summed E-state index contributed by atoms with van der Waals surface area (Å²) in [6.07, 6.45) is 7.14. The van der Waals surface area contributed by atoms with Gasteiger partial charge >= 0.3 is 6.03 Å². The molecule has 1 saturated heterocycles. The van der Waals surface area contributed by atoms with Gasteiger partial charge in [-0.25, -0.2) is 9.18 Å². The summed E-state index contributed by atoms with van der Waals surface area (Å²) in [4.78, 5) is 26.7. The first-order chi connectivity index (χ1) is 12.1. The van der Waals surface area contributed by atoms with Gasteiger partial charge in [0.15, 0.2) is 0 Å². The van der Waals surface area contributed by atoms with Crippen molar-refractivity contribution < 1.29 is 14.0 Å². The highest BCUT2D eigenvalue weighted by molar-refractivity contribution is 5.87. The molecule has 1 atom stereocenters. The first-order valence-electron chi connectivity index (χ1n) is 9.23. The van der Waals surface area contributed by atoms with E-state index in [-0.39, 0.29) is 23.8 Å². The summed E-state index contributed by atoms with van der Waals surface area (Å²) < 4.78 is 12.9. The maximum atomic E-state index is 12.9. The van der Waals surface area contributed by atoms with Crippen molar-refractivity contribution >= 4 is 11.9 Å². The van der Waals surface area contributed by atoms with Crippen molar-refractivity contribution in [2.75, 3.05) is 6.54 Å². The number of benzene rings is 1. The smallest absolute Gasteiger partial charge is 0.318 e. The van der Waals surface area contributed by atoms with E-state index in [0.29, 0.717) is 19.5 Å². The molecule has 0 radical (unpaired) electrons. The molecule has 1 aromatic rings. The molecule has 2 fully saturated rings. The second kappa shape index (κ2) is 8.32. The highest BCUT2D eigenvalue weighted by atomic mass is 19.1. The molecule has 2 N–H and O–H groups in total. The number of urea groups is 1. The molecule has 3 amide bonds. The maximum absolute atomic E-state index is 12.9. The molecule has 1 aliphatic heterocycles. The molecule has 25 heavy (non-hydrogen) atoms. The number of nitrogens with zero attached hydrogens (tertiary/aromatic N) is 1. The summed E-state index contributed by atoms with van der Waals surface area (Å²) in [6.45, 7) is 0.959. The largest absolute Gasteiger partial charge is 0.350 e. The van der Waals surface area contributed by atoms with Crippen LogP contribution in [-0.2, 0) is 11.3 Å². The van der Waals surface area contributed by atoms with Crippen LogP contribution in [0.25, 0.3) is 0 Å². The van der Waals surface area contributed by atoms with Gasteiger partial charge in [0.2, 0.25) is 5.91 Å². The van der Waals surface area contributed by atoms with Gasteiger partial charge in [-0.2, -0.15) is 0 Å². The molecule has 1 heterocycles. The molecule has 1 saturated carbocycles. The van der Waals surface area contributed by atoms with E-state index in [1.54, 1.807) is 17.0 Å². The molecule has 3 rings (SSSR count). The second-order valence-electron chi connectivity index (χ2n) is 6.98. The topological polar surface area (TPSA) is 61.4 Å². The first kappa shape index (κ1) is 17.7. The van der Waals surface area contributed by atoms with Crippen LogP contribution >= 0.6 is 0 Å². The summed E-state index contributed by atoms with van der Waals surface area (Å²) in [6, 6.07) is 5.76. The molecule has 5 nitrogen and oxygen atoms in total. The van der Waals surface area contributed by atoms with Gasteiger partial charge in [0, 0.05) is 19.1 Å². The zero-order chi connectivity index (χ0) is 17.6. The summed E-state index contributed by atoms with van der Waals surface area (Å²) in [7, 11) is 0. The maximum Gasteiger partial charge on any atom is 0.318 e. The quantitative estimate of drug-likeness (QED) is 0.880. The van der Waals surface area contributed by atoms with Gasteiger partial charge < -0.3 is 15.5 Å². The van der Waals surface area contributed by atoms with Crippen molar-refractivity contribution in [2.45, 2.75) is 63.6 Å². The van der Waals surface area contributed by atoms with Gasteiger partial charge in [0.1, 0.15) is 11.9 Å². The third-order valence-corrected chi connectivity index (χ3v) is 5.13. The van der Waals surface area contributed by atoms with E-state index in [1.807, 2.05) is 0 Å². The van der Waals surface area contributed by atoms with Gasteiger partial charge in [-0.05, 0) is 43.4 Å². The summed E-state index contributed by atoms with van der Waals surface area (Å²) in [5.41, 5.74) is 0.839. The highest BCUT2D eigenvalue weighted by Crippen LogP contribution is 2.21. The Kier molecular flexibility index (Phi) is 5.89. The fourth-order valence-corrected chi connectivity index (χ4v) is 3.70. The van der Waals surface area contributed by atoms with Crippen molar-refractivity contribution in [1.82, 2.24) is 15.5 Å². The van der Waals surface area contributed by atoms with Crippen molar-refractivity contribution in [1.29, 1.82) is 0 Å². The van der Waals surface area contributed by atoms with E-state index >= 15 is 0 Å². The van der Waals surface area contributed by atoms with Crippen LogP contribution in [0.2, 0.25) is 0 Å². The zero-order valence-electron chi connectivity index (χ0n) is 14.5. The van der Waals surface area contributed by atoms with Crippen LogP contribution in [0.15, 0.2) is 24.3 Å². The third kappa shape index (κ3) is 4.71. The Morgan fingerprint density at radius 2 is 1.76 bits per heavy atom. The van der Waals surface area contributed by atoms with E-state index in [0.717, 1.165) is 37.7 Å². The zero-order valence-corrected chi connectivity index (χ0v) is 14.5. The molecular formula is C19H26FN3O2. The number of likely N-dealkylation sites (tertiary alicyclic amines) is 1. The molecule has 0 bridgehead atoms. The molecule has 2 aliphatic rings. The van der Waals surface area contributed by atoms with Gasteiger partial charge in [-0.1, -0.05) is 31.4 Å². The van der Waals surface area contributed by atoms with Gasteiger partial charge in [0.05, 0.1) is 0 Å². The van der Waals surface area contributed by atoms with E-state index in [4.69, 9.17) is 0 Å². The number of carbonyl (C=O) groups is 2. The minimum absolute atomic E-state index is 0.119. The van der Waals surface area contributed by atoms with Crippen LogP contribution in [0, 0.1) is 5.82 Å². The lowest BCUT2D eigenvalue weighted by molar-refractivity contribution is -0.124. The van der Waals surface area contributed by atoms with E-state index in [2.05, 4.69) is 10.6 Å². The van der Waals surface area contributed by atoms with E-state index in [1.165, 1.54) is 18.6 Å². The van der Waals surface area contributed by atoms with Crippen molar-refractivity contribution in [3.8, 4) is 0 Å². The Morgan fingerprint density at radius 3 is 2.48 bits per heavy atom. The van der Waals surface area contributed by atoms with Crippen molar-refractivity contribution in [2.24, 2.45) is 0 Å². The average molecular weight is 347 g/mol. The standard InChI is InChI=1S/C19H26FN3O2/c20-15-10-8-14(9-11-15)13-21-18(24)17-7-4-12-23(17)19(25)22-16-5-2-1-3-6-16/h8-11,16-17H,1-7,12-13H2,(H,21,24)(H,22,25). The van der Waals surface area contributed by atoms with Gasteiger partial charge in [0.25, 0.3) is 0 Å². The number of nitrogens with one attached hydrogen (secondary N) is 2. The number of rotatable bonds is 4. The van der Waals surface area contributed by atoms with Crippen LogP contribution < -0.4 is 10.6 Å². The second-order valence-corrected chi connectivity index (χ2v) is 6.98. The number of carbonyl (C=O) groups excluding carboxylic acids is 2. The molecule has 0 spiro atoms. The predicted molar refractivity (Wildman–Crippen MR) is 93.4 cm³/mol. The normalized spacial score (nSPS) is 21.2. The summed E-state index contributed by atoms with van der Waals surface area (Å²) in [5.74, 6) is -0.433.